The Balaban J connectivity index is 2.08. The summed E-state index contributed by atoms with van der Waals surface area (Å²) in [5.74, 6) is 0. The van der Waals surface area contributed by atoms with Crippen molar-refractivity contribution in [1.29, 1.82) is 0 Å². The quantitative estimate of drug-likeness (QED) is 0.897. The van der Waals surface area contributed by atoms with Gasteiger partial charge in [-0.15, -0.1) is 5.10 Å². The Kier molecular flexibility index (Phi) is 3.88. The SMILES string of the molecule is Cc1ccc(C(O)Cn2cnc(S(C)=O)n2)cc1. The molecule has 0 bridgehead atoms. The maximum atomic E-state index is 11.2. The number of nitrogens with zero attached hydrogens (tertiary/aromatic N) is 3. The van der Waals surface area contributed by atoms with Gasteiger partial charge in [-0.05, 0) is 12.5 Å². The van der Waals surface area contributed by atoms with Crippen LogP contribution < -0.4 is 0 Å². The standard InChI is InChI=1S/C12H15N3O2S/c1-9-3-5-10(6-4-9)11(16)7-15-8-13-12(14-15)18(2)17/h3-6,8,11,16H,7H2,1-2H3. The highest BCUT2D eigenvalue weighted by atomic mass is 32.2. The van der Waals surface area contributed by atoms with Crippen LogP contribution in [0.4, 0.5) is 0 Å². The summed E-state index contributed by atoms with van der Waals surface area (Å²) in [5.41, 5.74) is 1.98. The zero-order valence-electron chi connectivity index (χ0n) is 10.3. The van der Waals surface area contributed by atoms with Crippen molar-refractivity contribution in [3.8, 4) is 0 Å². The van der Waals surface area contributed by atoms with Crippen molar-refractivity contribution in [2.45, 2.75) is 24.7 Å². The van der Waals surface area contributed by atoms with Crippen molar-refractivity contribution in [2.75, 3.05) is 6.26 Å². The largest absolute Gasteiger partial charge is 0.386 e. The Bertz CT molecular complexity index is 551. The van der Waals surface area contributed by atoms with E-state index in [0.717, 1.165) is 11.1 Å². The van der Waals surface area contributed by atoms with Gasteiger partial charge in [0.05, 0.1) is 23.4 Å². The summed E-state index contributed by atoms with van der Waals surface area (Å²) in [6.45, 7) is 2.30. The van der Waals surface area contributed by atoms with E-state index < -0.39 is 16.9 Å². The Hall–Kier alpha value is -1.53. The summed E-state index contributed by atoms with van der Waals surface area (Å²) in [7, 11) is -1.20. The molecule has 0 aliphatic rings. The zero-order chi connectivity index (χ0) is 13.1. The van der Waals surface area contributed by atoms with Gasteiger partial charge in [0.2, 0.25) is 5.16 Å². The molecule has 2 rings (SSSR count). The van der Waals surface area contributed by atoms with Crippen LogP contribution in [0.15, 0.2) is 35.7 Å². The fourth-order valence-corrected chi connectivity index (χ4v) is 1.98. The second kappa shape index (κ2) is 5.41. The highest BCUT2D eigenvalue weighted by molar-refractivity contribution is 7.84. The van der Waals surface area contributed by atoms with Crippen LogP contribution in [0.2, 0.25) is 0 Å². The second-order valence-corrected chi connectivity index (χ2v) is 5.40. The maximum Gasteiger partial charge on any atom is 0.238 e. The molecule has 1 aromatic carbocycles. The van der Waals surface area contributed by atoms with Crippen LogP contribution in [0.3, 0.4) is 0 Å². The molecule has 1 N–H and O–H groups in total. The van der Waals surface area contributed by atoms with Crippen LogP contribution in [0.5, 0.6) is 0 Å². The second-order valence-electron chi connectivity index (χ2n) is 4.13. The first-order chi connectivity index (χ1) is 8.56. The van der Waals surface area contributed by atoms with Gasteiger partial charge in [0.15, 0.2) is 0 Å². The Morgan fingerprint density at radius 3 is 2.61 bits per heavy atom. The van der Waals surface area contributed by atoms with Crippen molar-refractivity contribution in [2.24, 2.45) is 0 Å². The molecule has 96 valence electrons. The molecule has 0 saturated carbocycles. The normalized spacial score (nSPS) is 14.4. The third-order valence-corrected chi connectivity index (χ3v) is 3.30. The monoisotopic (exact) mass is 265 g/mol. The van der Waals surface area contributed by atoms with Crippen molar-refractivity contribution in [3.05, 3.63) is 41.7 Å². The molecule has 6 heteroatoms. The summed E-state index contributed by atoms with van der Waals surface area (Å²) in [5, 5.41) is 14.4. The van der Waals surface area contributed by atoms with Gasteiger partial charge >= 0.3 is 0 Å². The average molecular weight is 265 g/mol. The molecule has 2 unspecified atom stereocenters. The summed E-state index contributed by atoms with van der Waals surface area (Å²) < 4.78 is 12.7. The van der Waals surface area contributed by atoms with E-state index in [1.165, 1.54) is 17.3 Å². The van der Waals surface area contributed by atoms with Crippen molar-refractivity contribution in [3.63, 3.8) is 0 Å². The van der Waals surface area contributed by atoms with Gasteiger partial charge < -0.3 is 5.11 Å². The van der Waals surface area contributed by atoms with Gasteiger partial charge in [-0.3, -0.25) is 4.21 Å². The lowest BCUT2D eigenvalue weighted by molar-refractivity contribution is 0.151. The zero-order valence-corrected chi connectivity index (χ0v) is 11.1. The minimum absolute atomic E-state index is 0.283. The summed E-state index contributed by atoms with van der Waals surface area (Å²) in [4.78, 5) is 3.92. The van der Waals surface area contributed by atoms with Crippen LogP contribution in [0, 0.1) is 6.92 Å². The lowest BCUT2D eigenvalue weighted by atomic mass is 10.1. The predicted octanol–water partition coefficient (Wildman–Crippen LogP) is 1.06. The van der Waals surface area contributed by atoms with Gasteiger partial charge in [-0.1, -0.05) is 29.8 Å². The lowest BCUT2D eigenvalue weighted by Crippen LogP contribution is -2.09. The number of rotatable bonds is 4. The first kappa shape index (κ1) is 12.9. The van der Waals surface area contributed by atoms with Crippen LogP contribution >= 0.6 is 0 Å². The van der Waals surface area contributed by atoms with Crippen LogP contribution in [-0.2, 0) is 17.3 Å². The molecule has 0 aliphatic heterocycles. The Labute approximate surface area is 108 Å². The van der Waals surface area contributed by atoms with Crippen LogP contribution in [0.25, 0.3) is 0 Å². The molecule has 0 saturated heterocycles. The van der Waals surface area contributed by atoms with E-state index in [-0.39, 0.29) is 5.16 Å². The minimum Gasteiger partial charge on any atom is -0.386 e. The van der Waals surface area contributed by atoms with Gasteiger partial charge in [-0.2, -0.15) is 0 Å². The average Bonchev–Trinajstić information content (AvgIpc) is 2.78. The van der Waals surface area contributed by atoms with Crippen LogP contribution in [-0.4, -0.2) is 30.3 Å². The van der Waals surface area contributed by atoms with E-state index in [4.69, 9.17) is 0 Å². The molecule has 0 spiro atoms. The molecule has 0 aliphatic carbocycles. The minimum atomic E-state index is -1.20. The number of aliphatic hydroxyl groups is 1. The predicted molar refractivity (Wildman–Crippen MR) is 68.5 cm³/mol. The molecule has 18 heavy (non-hydrogen) atoms. The van der Waals surface area contributed by atoms with E-state index >= 15 is 0 Å². The molecule has 1 heterocycles. The first-order valence-corrected chi connectivity index (χ1v) is 7.09. The van der Waals surface area contributed by atoms with Gasteiger partial charge in [0.25, 0.3) is 0 Å². The number of hydrogen-bond acceptors (Lipinski definition) is 4. The summed E-state index contributed by atoms with van der Waals surface area (Å²) in [6, 6.07) is 7.67. The molecule has 2 atom stereocenters. The molecule has 0 fully saturated rings. The van der Waals surface area contributed by atoms with Gasteiger partial charge in [0, 0.05) is 6.26 Å². The fourth-order valence-electron chi connectivity index (χ4n) is 1.57. The van der Waals surface area contributed by atoms with E-state index in [2.05, 4.69) is 10.1 Å². The topological polar surface area (TPSA) is 68.0 Å². The summed E-state index contributed by atoms with van der Waals surface area (Å²) in [6.07, 6.45) is 2.36. The highest BCUT2D eigenvalue weighted by Gasteiger charge is 2.10. The molecular weight excluding hydrogens is 250 g/mol. The van der Waals surface area contributed by atoms with E-state index in [0.29, 0.717) is 6.54 Å². The third kappa shape index (κ3) is 3.02. The van der Waals surface area contributed by atoms with Crippen LogP contribution in [0.1, 0.15) is 17.2 Å². The molecule has 2 aromatic rings. The van der Waals surface area contributed by atoms with Crippen molar-refractivity contribution < 1.29 is 9.32 Å². The Morgan fingerprint density at radius 1 is 1.39 bits per heavy atom. The number of hydrogen-bond donors (Lipinski definition) is 1. The van der Waals surface area contributed by atoms with E-state index in [1.807, 2.05) is 31.2 Å². The fraction of sp³-hybridized carbons (Fsp3) is 0.333. The first-order valence-electron chi connectivity index (χ1n) is 5.54. The number of aliphatic hydroxyl groups excluding tert-OH is 1. The molecule has 1 aromatic heterocycles. The van der Waals surface area contributed by atoms with E-state index in [1.54, 1.807) is 0 Å². The number of aryl methyl sites for hydroxylation is 1. The molecule has 5 nitrogen and oxygen atoms in total. The van der Waals surface area contributed by atoms with Crippen molar-refractivity contribution >= 4 is 10.8 Å². The summed E-state index contributed by atoms with van der Waals surface area (Å²) >= 11 is 0. The Morgan fingerprint density at radius 2 is 2.06 bits per heavy atom. The third-order valence-electron chi connectivity index (χ3n) is 2.59. The van der Waals surface area contributed by atoms with E-state index in [9.17, 15) is 9.32 Å². The molecule has 0 amide bonds. The van der Waals surface area contributed by atoms with Gasteiger partial charge in [-0.25, -0.2) is 9.67 Å². The highest BCUT2D eigenvalue weighted by Crippen LogP contribution is 2.15. The lowest BCUT2D eigenvalue weighted by Gasteiger charge is -2.10. The van der Waals surface area contributed by atoms with Crippen molar-refractivity contribution in [1.82, 2.24) is 14.8 Å². The number of benzene rings is 1. The smallest absolute Gasteiger partial charge is 0.238 e. The molecular formula is C12H15N3O2S. The van der Waals surface area contributed by atoms with Gasteiger partial charge in [0.1, 0.15) is 6.33 Å². The molecule has 0 radical (unpaired) electrons. The number of aromatic nitrogens is 3. The maximum absolute atomic E-state index is 11.2.